The number of nitrogens with one attached hydrogen (secondary N) is 2. The summed E-state index contributed by atoms with van der Waals surface area (Å²) >= 11 is 0. The molecular weight excluding hydrogens is 260 g/mol. The van der Waals surface area contributed by atoms with Crippen molar-refractivity contribution < 1.29 is 4.79 Å². The van der Waals surface area contributed by atoms with E-state index in [1.54, 1.807) is 0 Å². The Labute approximate surface area is 126 Å². The predicted molar refractivity (Wildman–Crippen MR) is 87.4 cm³/mol. The van der Waals surface area contributed by atoms with Gasteiger partial charge in [-0.15, -0.1) is 0 Å². The molecule has 0 fully saturated rings. The van der Waals surface area contributed by atoms with Gasteiger partial charge in [0, 0.05) is 12.2 Å². The molecule has 0 saturated carbocycles. The first-order valence-electron chi connectivity index (χ1n) is 7.18. The molecule has 0 unspecified atom stereocenters. The fraction of sp³-hybridized carbons (Fsp3) is 0.278. The van der Waals surface area contributed by atoms with Crippen LogP contribution in [-0.4, -0.2) is 12.5 Å². The number of hydrogen-bond acceptors (Lipinski definition) is 2. The Morgan fingerprint density at radius 2 is 1.62 bits per heavy atom. The Morgan fingerprint density at radius 1 is 0.952 bits per heavy atom. The summed E-state index contributed by atoms with van der Waals surface area (Å²) in [4.78, 5) is 11.9. The first kappa shape index (κ1) is 15.3. The first-order valence-corrected chi connectivity index (χ1v) is 7.18. The van der Waals surface area contributed by atoms with E-state index in [2.05, 4.69) is 41.8 Å². The largest absolute Gasteiger partial charge is 0.325 e. The molecule has 2 aromatic rings. The maximum absolute atomic E-state index is 11.9. The van der Waals surface area contributed by atoms with E-state index in [0.29, 0.717) is 13.1 Å². The first-order chi connectivity index (χ1) is 10.0. The van der Waals surface area contributed by atoms with Crippen LogP contribution in [0.4, 0.5) is 5.69 Å². The maximum Gasteiger partial charge on any atom is 0.238 e. The second kappa shape index (κ2) is 7.04. The van der Waals surface area contributed by atoms with Gasteiger partial charge in [0.05, 0.1) is 6.54 Å². The molecule has 0 bridgehead atoms. The fourth-order valence-corrected chi connectivity index (χ4v) is 2.09. The molecule has 1 amide bonds. The average molecular weight is 282 g/mol. The van der Waals surface area contributed by atoms with Crippen molar-refractivity contribution in [3.8, 4) is 0 Å². The van der Waals surface area contributed by atoms with Gasteiger partial charge in [0.15, 0.2) is 0 Å². The molecule has 3 nitrogen and oxygen atoms in total. The normalized spacial score (nSPS) is 10.4. The van der Waals surface area contributed by atoms with Gasteiger partial charge in [-0.25, -0.2) is 0 Å². The molecule has 0 aliphatic heterocycles. The summed E-state index contributed by atoms with van der Waals surface area (Å²) in [5.41, 5.74) is 5.53. The number of rotatable bonds is 5. The molecule has 3 heteroatoms. The minimum absolute atomic E-state index is 0.0178. The summed E-state index contributed by atoms with van der Waals surface area (Å²) in [7, 11) is 0. The summed E-state index contributed by atoms with van der Waals surface area (Å²) in [6.07, 6.45) is 0. The lowest BCUT2D eigenvalue weighted by atomic mass is 10.1. The van der Waals surface area contributed by atoms with E-state index in [1.165, 1.54) is 11.1 Å². The van der Waals surface area contributed by atoms with E-state index in [-0.39, 0.29) is 5.91 Å². The highest BCUT2D eigenvalue weighted by Gasteiger charge is 2.04. The van der Waals surface area contributed by atoms with Gasteiger partial charge in [0.1, 0.15) is 0 Å². The molecule has 21 heavy (non-hydrogen) atoms. The summed E-state index contributed by atoms with van der Waals surface area (Å²) in [6, 6.07) is 14.4. The number of amides is 1. The van der Waals surface area contributed by atoms with E-state index < -0.39 is 0 Å². The van der Waals surface area contributed by atoms with Crippen molar-refractivity contribution in [3.63, 3.8) is 0 Å². The van der Waals surface area contributed by atoms with Crippen LogP contribution in [0.25, 0.3) is 0 Å². The van der Waals surface area contributed by atoms with Gasteiger partial charge < -0.3 is 10.6 Å². The van der Waals surface area contributed by atoms with Crippen molar-refractivity contribution in [2.24, 2.45) is 0 Å². The van der Waals surface area contributed by atoms with Gasteiger partial charge >= 0.3 is 0 Å². The molecule has 2 rings (SSSR count). The highest BCUT2D eigenvalue weighted by atomic mass is 16.1. The minimum Gasteiger partial charge on any atom is -0.325 e. The summed E-state index contributed by atoms with van der Waals surface area (Å²) in [5, 5.41) is 6.11. The van der Waals surface area contributed by atoms with Gasteiger partial charge in [-0.2, -0.15) is 0 Å². The molecular formula is C18H22N2O. The van der Waals surface area contributed by atoms with Crippen molar-refractivity contribution in [1.82, 2.24) is 5.32 Å². The Hall–Kier alpha value is -2.13. The van der Waals surface area contributed by atoms with E-state index in [0.717, 1.165) is 16.8 Å². The van der Waals surface area contributed by atoms with Crippen LogP contribution in [0.2, 0.25) is 0 Å². The maximum atomic E-state index is 11.9. The molecule has 0 saturated heterocycles. The monoisotopic (exact) mass is 282 g/mol. The Morgan fingerprint density at radius 3 is 2.33 bits per heavy atom. The summed E-state index contributed by atoms with van der Waals surface area (Å²) in [6.45, 7) is 7.08. The van der Waals surface area contributed by atoms with Gasteiger partial charge in [0.25, 0.3) is 0 Å². The predicted octanol–water partition coefficient (Wildman–Crippen LogP) is 3.34. The second-order valence-electron chi connectivity index (χ2n) is 5.46. The van der Waals surface area contributed by atoms with E-state index in [9.17, 15) is 4.79 Å². The van der Waals surface area contributed by atoms with Crippen LogP contribution in [0, 0.1) is 20.8 Å². The number of benzene rings is 2. The lowest BCUT2D eigenvalue weighted by Crippen LogP contribution is -2.28. The molecule has 0 atom stereocenters. The van der Waals surface area contributed by atoms with Crippen LogP contribution >= 0.6 is 0 Å². The average Bonchev–Trinajstić information content (AvgIpc) is 2.45. The van der Waals surface area contributed by atoms with Gasteiger partial charge in [-0.3, -0.25) is 4.79 Å². The van der Waals surface area contributed by atoms with Crippen molar-refractivity contribution in [1.29, 1.82) is 0 Å². The molecule has 0 radical (unpaired) electrons. The Kier molecular flexibility index (Phi) is 5.12. The third-order valence-electron chi connectivity index (χ3n) is 3.40. The lowest BCUT2D eigenvalue weighted by molar-refractivity contribution is -0.115. The van der Waals surface area contributed by atoms with Crippen LogP contribution < -0.4 is 10.6 Å². The van der Waals surface area contributed by atoms with E-state index in [4.69, 9.17) is 0 Å². The molecule has 0 aromatic heterocycles. The van der Waals surface area contributed by atoms with Crippen LogP contribution in [0.5, 0.6) is 0 Å². The Balaban J connectivity index is 1.82. The van der Waals surface area contributed by atoms with Crippen molar-refractivity contribution in [3.05, 3.63) is 64.7 Å². The van der Waals surface area contributed by atoms with Crippen LogP contribution in [-0.2, 0) is 11.3 Å². The third-order valence-corrected chi connectivity index (χ3v) is 3.40. The number of anilines is 1. The number of hydrogen-bond donors (Lipinski definition) is 2. The van der Waals surface area contributed by atoms with Crippen molar-refractivity contribution in [2.75, 3.05) is 11.9 Å². The zero-order valence-corrected chi connectivity index (χ0v) is 12.9. The summed E-state index contributed by atoms with van der Waals surface area (Å²) < 4.78 is 0. The summed E-state index contributed by atoms with van der Waals surface area (Å²) in [5.74, 6) is -0.0178. The highest BCUT2D eigenvalue weighted by molar-refractivity contribution is 5.93. The number of carbonyl (C=O) groups excluding carboxylic acids is 1. The second-order valence-corrected chi connectivity index (χ2v) is 5.46. The molecule has 0 heterocycles. The number of aryl methyl sites for hydroxylation is 3. The zero-order valence-electron chi connectivity index (χ0n) is 12.9. The molecule has 0 spiro atoms. The van der Waals surface area contributed by atoms with Crippen LogP contribution in [0.1, 0.15) is 22.3 Å². The Bertz CT molecular complexity index is 618. The van der Waals surface area contributed by atoms with E-state index in [1.807, 2.05) is 32.0 Å². The fourth-order valence-electron chi connectivity index (χ4n) is 2.09. The minimum atomic E-state index is -0.0178. The van der Waals surface area contributed by atoms with Gasteiger partial charge in [0.2, 0.25) is 5.91 Å². The highest BCUT2D eigenvalue weighted by Crippen LogP contribution is 2.15. The third kappa shape index (κ3) is 4.72. The van der Waals surface area contributed by atoms with E-state index >= 15 is 0 Å². The quantitative estimate of drug-likeness (QED) is 0.883. The molecule has 2 aromatic carbocycles. The SMILES string of the molecule is Cc1ccc(CNCC(=O)Nc2cc(C)ccc2C)cc1. The van der Waals surface area contributed by atoms with Gasteiger partial charge in [-0.1, -0.05) is 42.0 Å². The topological polar surface area (TPSA) is 41.1 Å². The lowest BCUT2D eigenvalue weighted by Gasteiger charge is -2.10. The molecule has 110 valence electrons. The van der Waals surface area contributed by atoms with Crippen LogP contribution in [0.15, 0.2) is 42.5 Å². The standard InChI is InChI=1S/C18H22N2O/c1-13-5-8-16(9-6-13)11-19-12-18(21)20-17-10-14(2)4-7-15(17)3/h4-10,19H,11-12H2,1-3H3,(H,20,21). The zero-order chi connectivity index (χ0) is 15.2. The van der Waals surface area contributed by atoms with Gasteiger partial charge in [-0.05, 0) is 43.5 Å². The van der Waals surface area contributed by atoms with Crippen molar-refractivity contribution >= 4 is 11.6 Å². The van der Waals surface area contributed by atoms with Crippen LogP contribution in [0.3, 0.4) is 0 Å². The molecule has 2 N–H and O–H groups in total. The molecule has 0 aliphatic rings. The number of carbonyl (C=O) groups is 1. The molecule has 0 aliphatic carbocycles. The smallest absolute Gasteiger partial charge is 0.238 e. The van der Waals surface area contributed by atoms with Crippen molar-refractivity contribution in [2.45, 2.75) is 27.3 Å².